The van der Waals surface area contributed by atoms with Crippen molar-refractivity contribution in [2.45, 2.75) is 38.5 Å². The van der Waals surface area contributed by atoms with Gasteiger partial charge >= 0.3 is 6.61 Å². The van der Waals surface area contributed by atoms with E-state index in [4.69, 9.17) is 4.74 Å². The first-order valence-electron chi connectivity index (χ1n) is 11.5. The van der Waals surface area contributed by atoms with Gasteiger partial charge in [0.05, 0.1) is 11.1 Å². The molecule has 0 unspecified atom stereocenters. The van der Waals surface area contributed by atoms with Gasteiger partial charge < -0.3 is 14.6 Å². The van der Waals surface area contributed by atoms with Crippen molar-refractivity contribution in [1.82, 2.24) is 9.88 Å². The van der Waals surface area contributed by atoms with Gasteiger partial charge in [0.2, 0.25) is 5.78 Å². The molecular weight excluding hydrogens is 454 g/mol. The summed E-state index contributed by atoms with van der Waals surface area (Å²) in [6.45, 7) is -1.77. The molecule has 0 bridgehead atoms. The zero-order valence-electron chi connectivity index (χ0n) is 18.9. The number of Topliss-reactive ketones (excluding diaryl/α,β-unsaturated/α-hetero) is 1. The van der Waals surface area contributed by atoms with Crippen LogP contribution in [0.15, 0.2) is 66.7 Å². The average molecular weight is 478 g/mol. The number of halogens is 2. The molecule has 0 amide bonds. The molecule has 3 heterocycles. The summed E-state index contributed by atoms with van der Waals surface area (Å²) in [6, 6.07) is 13.3. The Morgan fingerprint density at radius 3 is 2.83 bits per heavy atom. The minimum absolute atomic E-state index is 0.0142. The van der Waals surface area contributed by atoms with Crippen LogP contribution in [0, 0.1) is 0 Å². The molecule has 1 saturated heterocycles. The Bertz CT molecular complexity index is 1260. The smallest absolute Gasteiger partial charge is 0.387 e. The number of nitrogens with zero attached hydrogens (tertiary/aromatic N) is 2. The van der Waals surface area contributed by atoms with E-state index in [1.165, 1.54) is 24.3 Å². The van der Waals surface area contributed by atoms with Gasteiger partial charge in [-0.05, 0) is 55.3 Å². The molecule has 1 fully saturated rings. The highest BCUT2D eigenvalue weighted by Crippen LogP contribution is 2.42. The van der Waals surface area contributed by atoms with Crippen LogP contribution in [-0.2, 0) is 6.54 Å². The molecule has 180 valence electrons. The highest BCUT2D eigenvalue weighted by atomic mass is 19.3. The number of carbonyl (C=O) groups is 1. The van der Waals surface area contributed by atoms with E-state index >= 15 is 0 Å². The normalized spacial score (nSPS) is 19.1. The standard InChI is InChI=1S/C27H24F2N2O4/c28-27(29)35-23-9-2-1-6-17(23)14-24-25(33)19-10-11-22(32)20(26(19)34-24)16-31-13-4-3-8-21(31)18-7-5-12-30-15-18/h1-2,5-7,9-12,14-15,21,27,32H,3-4,8,13,16H2/b24-14-/t21-/m0/s1. The van der Waals surface area contributed by atoms with Crippen LogP contribution in [0.25, 0.3) is 6.08 Å². The predicted octanol–water partition coefficient (Wildman–Crippen LogP) is 5.73. The Morgan fingerprint density at radius 2 is 2.03 bits per heavy atom. The van der Waals surface area contributed by atoms with E-state index < -0.39 is 6.61 Å². The summed E-state index contributed by atoms with van der Waals surface area (Å²) in [5, 5.41) is 10.7. The van der Waals surface area contributed by atoms with Gasteiger partial charge in [-0.3, -0.25) is 14.7 Å². The van der Waals surface area contributed by atoms with Crippen LogP contribution < -0.4 is 9.47 Å². The first-order chi connectivity index (χ1) is 17.0. The monoisotopic (exact) mass is 478 g/mol. The number of alkyl halides is 2. The molecule has 0 spiro atoms. The number of carbonyl (C=O) groups excluding carboxylic acids is 1. The minimum Gasteiger partial charge on any atom is -0.507 e. The van der Waals surface area contributed by atoms with Gasteiger partial charge in [-0.25, -0.2) is 0 Å². The topological polar surface area (TPSA) is 71.9 Å². The number of benzene rings is 2. The van der Waals surface area contributed by atoms with Crippen LogP contribution in [0.4, 0.5) is 8.78 Å². The molecule has 1 N–H and O–H groups in total. The molecule has 1 aromatic heterocycles. The lowest BCUT2D eigenvalue weighted by Gasteiger charge is -2.36. The zero-order chi connectivity index (χ0) is 24.4. The molecule has 8 heteroatoms. The number of ketones is 1. The van der Waals surface area contributed by atoms with Gasteiger partial charge in [0.15, 0.2) is 5.76 Å². The predicted molar refractivity (Wildman–Crippen MR) is 125 cm³/mol. The van der Waals surface area contributed by atoms with E-state index in [1.807, 2.05) is 18.3 Å². The fourth-order valence-corrected chi connectivity index (χ4v) is 4.73. The summed E-state index contributed by atoms with van der Waals surface area (Å²) in [6.07, 6.45) is 8.07. The van der Waals surface area contributed by atoms with Gasteiger partial charge in [-0.2, -0.15) is 8.78 Å². The van der Waals surface area contributed by atoms with Gasteiger partial charge in [0, 0.05) is 30.5 Å². The molecule has 3 aromatic rings. The maximum Gasteiger partial charge on any atom is 0.387 e. The Hall–Kier alpha value is -3.78. The quantitative estimate of drug-likeness (QED) is 0.456. The number of hydrogen-bond acceptors (Lipinski definition) is 6. The average Bonchev–Trinajstić information content (AvgIpc) is 3.18. The van der Waals surface area contributed by atoms with E-state index in [-0.39, 0.29) is 29.1 Å². The summed E-state index contributed by atoms with van der Waals surface area (Å²) in [4.78, 5) is 19.6. The third kappa shape index (κ3) is 4.74. The number of pyridine rings is 1. The minimum atomic E-state index is -2.99. The van der Waals surface area contributed by atoms with Gasteiger partial charge in [-0.15, -0.1) is 0 Å². The number of aromatic nitrogens is 1. The summed E-state index contributed by atoms with van der Waals surface area (Å²) < 4.78 is 36.1. The third-order valence-corrected chi connectivity index (χ3v) is 6.38. The number of hydrogen-bond donors (Lipinski definition) is 1. The molecule has 35 heavy (non-hydrogen) atoms. The van der Waals surface area contributed by atoms with E-state index in [9.17, 15) is 18.7 Å². The summed E-state index contributed by atoms with van der Waals surface area (Å²) in [7, 11) is 0. The number of rotatable bonds is 6. The molecule has 0 aliphatic carbocycles. The highest BCUT2D eigenvalue weighted by Gasteiger charge is 2.33. The number of para-hydroxylation sites is 1. The lowest BCUT2D eigenvalue weighted by molar-refractivity contribution is -0.0499. The fourth-order valence-electron chi connectivity index (χ4n) is 4.73. The third-order valence-electron chi connectivity index (χ3n) is 6.38. The highest BCUT2D eigenvalue weighted by molar-refractivity contribution is 6.15. The van der Waals surface area contributed by atoms with Gasteiger partial charge in [-0.1, -0.05) is 30.7 Å². The van der Waals surface area contributed by atoms with E-state index in [2.05, 4.69) is 14.6 Å². The van der Waals surface area contributed by atoms with Crippen LogP contribution in [0.3, 0.4) is 0 Å². The summed E-state index contributed by atoms with van der Waals surface area (Å²) >= 11 is 0. The summed E-state index contributed by atoms with van der Waals surface area (Å²) in [5.41, 5.74) is 2.24. The number of allylic oxidation sites excluding steroid dienone is 1. The van der Waals surface area contributed by atoms with Crippen LogP contribution in [0.1, 0.15) is 52.4 Å². The zero-order valence-corrected chi connectivity index (χ0v) is 18.9. The van der Waals surface area contributed by atoms with Crippen molar-refractivity contribution in [3.05, 3.63) is 88.9 Å². The second-order valence-electron chi connectivity index (χ2n) is 8.56. The molecule has 2 aromatic carbocycles. The largest absolute Gasteiger partial charge is 0.507 e. The van der Waals surface area contributed by atoms with E-state index in [0.29, 0.717) is 29.0 Å². The van der Waals surface area contributed by atoms with Crippen molar-refractivity contribution in [1.29, 1.82) is 0 Å². The Balaban J connectivity index is 1.46. The fraction of sp³-hybridized carbons (Fsp3) is 0.259. The first-order valence-corrected chi connectivity index (χ1v) is 11.5. The van der Waals surface area contributed by atoms with Crippen LogP contribution in [0.2, 0.25) is 0 Å². The van der Waals surface area contributed by atoms with Gasteiger partial charge in [0.1, 0.15) is 17.2 Å². The lowest BCUT2D eigenvalue weighted by Crippen LogP contribution is -2.33. The lowest BCUT2D eigenvalue weighted by atomic mass is 9.95. The molecule has 0 saturated carbocycles. The number of aromatic hydroxyl groups is 1. The second kappa shape index (κ2) is 9.84. The molecular formula is C27H24F2N2O4. The summed E-state index contributed by atoms with van der Waals surface area (Å²) in [5.74, 6) is -0.119. The Labute approximate surface area is 201 Å². The number of piperidine rings is 1. The van der Waals surface area contributed by atoms with Gasteiger partial charge in [0.25, 0.3) is 0 Å². The Kier molecular flexibility index (Phi) is 6.46. The van der Waals surface area contributed by atoms with E-state index in [1.54, 1.807) is 24.4 Å². The van der Waals surface area contributed by atoms with Crippen molar-refractivity contribution in [2.75, 3.05) is 6.54 Å². The molecule has 5 rings (SSSR count). The number of ether oxygens (including phenoxy) is 2. The maximum atomic E-state index is 13.1. The first kappa shape index (κ1) is 23.0. The van der Waals surface area contributed by atoms with Crippen molar-refractivity contribution >= 4 is 11.9 Å². The van der Waals surface area contributed by atoms with Crippen LogP contribution in [0.5, 0.6) is 17.2 Å². The SMILES string of the molecule is O=C1/C(=C/c2ccccc2OC(F)F)Oc2c1ccc(O)c2CN1CCCC[C@H]1c1cccnc1. The van der Waals surface area contributed by atoms with Crippen molar-refractivity contribution in [2.24, 2.45) is 0 Å². The van der Waals surface area contributed by atoms with Crippen molar-refractivity contribution in [3.8, 4) is 17.2 Å². The number of likely N-dealkylation sites (tertiary alicyclic amines) is 1. The molecule has 2 aliphatic rings. The molecule has 0 radical (unpaired) electrons. The second-order valence-corrected chi connectivity index (χ2v) is 8.56. The van der Waals surface area contributed by atoms with Crippen molar-refractivity contribution < 1.29 is 28.2 Å². The molecule has 2 aliphatic heterocycles. The molecule has 6 nitrogen and oxygen atoms in total. The number of phenols is 1. The van der Waals surface area contributed by atoms with Crippen molar-refractivity contribution in [3.63, 3.8) is 0 Å². The number of phenolic OH excluding ortho intramolecular Hbond substituents is 1. The van der Waals surface area contributed by atoms with E-state index in [0.717, 1.165) is 31.4 Å². The molecule has 1 atom stereocenters. The van der Waals surface area contributed by atoms with Crippen LogP contribution in [-0.4, -0.2) is 33.9 Å². The maximum absolute atomic E-state index is 13.1. The van der Waals surface area contributed by atoms with Crippen LogP contribution >= 0.6 is 0 Å². The Morgan fingerprint density at radius 1 is 1.17 bits per heavy atom. The number of fused-ring (bicyclic) bond motifs is 1.